The Labute approximate surface area is 96.5 Å². The molecule has 0 saturated heterocycles. The lowest BCUT2D eigenvalue weighted by Gasteiger charge is -2.26. The Morgan fingerprint density at radius 1 is 1.38 bits per heavy atom. The lowest BCUT2D eigenvalue weighted by Crippen LogP contribution is -2.25. The second-order valence-electron chi connectivity index (χ2n) is 5.20. The van der Waals surface area contributed by atoms with Gasteiger partial charge in [-0.25, -0.2) is 0 Å². The number of rotatable bonds is 1. The molecule has 1 heterocycles. The van der Waals surface area contributed by atoms with Crippen molar-refractivity contribution in [3.63, 3.8) is 0 Å². The van der Waals surface area contributed by atoms with Crippen LogP contribution in [0.15, 0.2) is 18.2 Å². The topological polar surface area (TPSA) is 44.5 Å². The average molecular weight is 221 g/mol. The Morgan fingerprint density at radius 3 is 2.81 bits per heavy atom. The summed E-state index contributed by atoms with van der Waals surface area (Å²) >= 11 is 0. The van der Waals surface area contributed by atoms with Gasteiger partial charge in [0, 0.05) is 0 Å². The summed E-state index contributed by atoms with van der Waals surface area (Å²) in [7, 11) is 0. The molecule has 1 aliphatic rings. The highest BCUT2D eigenvalue weighted by atomic mass is 16.5. The Morgan fingerprint density at radius 2 is 2.12 bits per heavy atom. The summed E-state index contributed by atoms with van der Waals surface area (Å²) in [6.07, 6.45) is 0. The number of hydrogen-bond donors (Lipinski definition) is 1. The zero-order chi connectivity index (χ0) is 11.8. The molecule has 0 saturated carbocycles. The summed E-state index contributed by atoms with van der Waals surface area (Å²) < 4.78 is 11.2. The molecule has 1 atom stereocenters. The third kappa shape index (κ3) is 2.54. The fourth-order valence-corrected chi connectivity index (χ4v) is 1.85. The predicted molar refractivity (Wildman–Crippen MR) is 63.4 cm³/mol. The van der Waals surface area contributed by atoms with Crippen LogP contribution in [-0.4, -0.2) is 12.2 Å². The fourth-order valence-electron chi connectivity index (χ4n) is 1.85. The van der Waals surface area contributed by atoms with Crippen molar-refractivity contribution in [1.82, 2.24) is 0 Å². The molecule has 0 unspecified atom stereocenters. The molecule has 0 bridgehead atoms. The molecule has 3 nitrogen and oxygen atoms in total. The molecule has 2 N–H and O–H groups in total. The number of benzene rings is 1. The van der Waals surface area contributed by atoms with Gasteiger partial charge in [0.05, 0.1) is 19.3 Å². The molecule has 1 aliphatic heterocycles. The summed E-state index contributed by atoms with van der Waals surface area (Å²) in [6, 6.07) is 6.02. The highest BCUT2D eigenvalue weighted by Crippen LogP contribution is 2.28. The van der Waals surface area contributed by atoms with Crippen LogP contribution >= 0.6 is 0 Å². The minimum atomic E-state index is -0.177. The molecule has 2 rings (SSSR count). The van der Waals surface area contributed by atoms with Crippen molar-refractivity contribution in [3.05, 3.63) is 29.3 Å². The van der Waals surface area contributed by atoms with E-state index < -0.39 is 0 Å². The van der Waals surface area contributed by atoms with E-state index in [0.717, 1.165) is 11.3 Å². The molecule has 1 aromatic carbocycles. The molecular weight excluding hydrogens is 202 g/mol. The Kier molecular flexibility index (Phi) is 2.91. The summed E-state index contributed by atoms with van der Waals surface area (Å²) in [4.78, 5) is 0. The van der Waals surface area contributed by atoms with Crippen molar-refractivity contribution < 1.29 is 9.47 Å². The van der Waals surface area contributed by atoms with Crippen molar-refractivity contribution in [1.29, 1.82) is 0 Å². The van der Waals surface area contributed by atoms with Crippen LogP contribution in [0.3, 0.4) is 0 Å². The SMILES string of the molecule is CC(C)(C)Oc1ccc2c(c1)[C@@H](N)COC2. The molecule has 0 spiro atoms. The quantitative estimate of drug-likeness (QED) is 0.792. The van der Waals surface area contributed by atoms with Crippen molar-refractivity contribution in [2.24, 2.45) is 5.73 Å². The second kappa shape index (κ2) is 4.07. The number of fused-ring (bicyclic) bond motifs is 1. The Bertz CT molecular complexity index is 382. The van der Waals surface area contributed by atoms with Crippen LogP contribution < -0.4 is 10.5 Å². The number of ether oxygens (including phenoxy) is 2. The van der Waals surface area contributed by atoms with E-state index in [1.807, 2.05) is 39.0 Å². The van der Waals surface area contributed by atoms with Crippen LogP contribution in [0.5, 0.6) is 5.75 Å². The Balaban J connectivity index is 2.27. The minimum absolute atomic E-state index is 0.0349. The van der Waals surface area contributed by atoms with Gasteiger partial charge in [-0.1, -0.05) is 6.07 Å². The Hall–Kier alpha value is -1.06. The van der Waals surface area contributed by atoms with E-state index >= 15 is 0 Å². The number of nitrogens with two attached hydrogens (primary N) is 1. The van der Waals surface area contributed by atoms with E-state index in [9.17, 15) is 0 Å². The largest absolute Gasteiger partial charge is 0.488 e. The highest BCUT2D eigenvalue weighted by Gasteiger charge is 2.19. The molecule has 0 aliphatic carbocycles. The summed E-state index contributed by atoms with van der Waals surface area (Å²) in [5.74, 6) is 0.878. The lowest BCUT2D eigenvalue weighted by molar-refractivity contribution is 0.0913. The standard InChI is InChI=1S/C13H19NO2/c1-13(2,3)16-10-5-4-9-7-15-8-12(14)11(9)6-10/h4-6,12H,7-8,14H2,1-3H3/t12-/m0/s1. The van der Waals surface area contributed by atoms with Crippen LogP contribution in [0.1, 0.15) is 37.9 Å². The van der Waals surface area contributed by atoms with Crippen LogP contribution in [0, 0.1) is 0 Å². The van der Waals surface area contributed by atoms with Crippen molar-refractivity contribution in [2.45, 2.75) is 39.0 Å². The third-order valence-electron chi connectivity index (χ3n) is 2.50. The van der Waals surface area contributed by atoms with Gasteiger partial charge in [-0.2, -0.15) is 0 Å². The zero-order valence-corrected chi connectivity index (χ0v) is 10.1. The van der Waals surface area contributed by atoms with E-state index in [1.165, 1.54) is 5.56 Å². The van der Waals surface area contributed by atoms with Gasteiger partial charge < -0.3 is 15.2 Å². The molecule has 1 aromatic rings. The van der Waals surface area contributed by atoms with E-state index in [4.69, 9.17) is 15.2 Å². The van der Waals surface area contributed by atoms with Crippen molar-refractivity contribution >= 4 is 0 Å². The fraction of sp³-hybridized carbons (Fsp3) is 0.538. The van der Waals surface area contributed by atoms with Crippen molar-refractivity contribution in [2.75, 3.05) is 6.61 Å². The van der Waals surface area contributed by atoms with Gasteiger partial charge in [-0.05, 0) is 44.0 Å². The van der Waals surface area contributed by atoms with E-state index in [2.05, 4.69) is 0 Å². The van der Waals surface area contributed by atoms with Gasteiger partial charge >= 0.3 is 0 Å². The van der Waals surface area contributed by atoms with Gasteiger partial charge in [0.1, 0.15) is 11.4 Å². The first-order valence-electron chi connectivity index (χ1n) is 5.61. The van der Waals surface area contributed by atoms with Gasteiger partial charge in [-0.3, -0.25) is 0 Å². The monoisotopic (exact) mass is 221 g/mol. The van der Waals surface area contributed by atoms with Crippen LogP contribution in [0.25, 0.3) is 0 Å². The van der Waals surface area contributed by atoms with Crippen molar-refractivity contribution in [3.8, 4) is 5.75 Å². The normalized spacial score (nSPS) is 20.4. The number of hydrogen-bond acceptors (Lipinski definition) is 3. The maximum absolute atomic E-state index is 6.00. The summed E-state index contributed by atoms with van der Waals surface area (Å²) in [6.45, 7) is 7.35. The maximum Gasteiger partial charge on any atom is 0.120 e. The first-order chi connectivity index (χ1) is 7.46. The average Bonchev–Trinajstić information content (AvgIpc) is 2.17. The molecule has 0 radical (unpaired) electrons. The first kappa shape index (κ1) is 11.4. The minimum Gasteiger partial charge on any atom is -0.488 e. The smallest absolute Gasteiger partial charge is 0.120 e. The molecular formula is C13H19NO2. The first-order valence-corrected chi connectivity index (χ1v) is 5.61. The van der Waals surface area contributed by atoms with Gasteiger partial charge in [-0.15, -0.1) is 0 Å². The van der Waals surface area contributed by atoms with E-state index in [0.29, 0.717) is 13.2 Å². The molecule has 3 heteroatoms. The van der Waals surface area contributed by atoms with Crippen LogP contribution in [0.2, 0.25) is 0 Å². The molecule has 0 aromatic heterocycles. The highest BCUT2D eigenvalue weighted by molar-refractivity contribution is 5.38. The molecule has 16 heavy (non-hydrogen) atoms. The second-order valence-corrected chi connectivity index (χ2v) is 5.20. The molecule has 88 valence electrons. The van der Waals surface area contributed by atoms with Crippen LogP contribution in [0.4, 0.5) is 0 Å². The van der Waals surface area contributed by atoms with Gasteiger partial charge in [0.2, 0.25) is 0 Å². The third-order valence-corrected chi connectivity index (χ3v) is 2.50. The van der Waals surface area contributed by atoms with Crippen LogP contribution in [-0.2, 0) is 11.3 Å². The van der Waals surface area contributed by atoms with E-state index in [-0.39, 0.29) is 11.6 Å². The summed E-state index contributed by atoms with van der Waals surface area (Å²) in [5.41, 5.74) is 8.13. The summed E-state index contributed by atoms with van der Waals surface area (Å²) in [5, 5.41) is 0. The van der Waals surface area contributed by atoms with Gasteiger partial charge in [0.15, 0.2) is 0 Å². The van der Waals surface area contributed by atoms with Gasteiger partial charge in [0.25, 0.3) is 0 Å². The van der Waals surface area contributed by atoms with E-state index in [1.54, 1.807) is 0 Å². The zero-order valence-electron chi connectivity index (χ0n) is 10.1. The molecule has 0 amide bonds. The molecule has 0 fully saturated rings. The maximum atomic E-state index is 6.00. The predicted octanol–water partition coefficient (Wildman–Crippen LogP) is 2.39. The lowest BCUT2D eigenvalue weighted by atomic mass is 9.99.